The van der Waals surface area contributed by atoms with Gasteiger partial charge in [0, 0.05) is 11.3 Å². The van der Waals surface area contributed by atoms with Gasteiger partial charge in [-0.1, -0.05) is 0 Å². The summed E-state index contributed by atoms with van der Waals surface area (Å²) in [6.07, 6.45) is 2.83. The van der Waals surface area contributed by atoms with E-state index in [9.17, 15) is 18.8 Å². The minimum Gasteiger partial charge on any atom is -0.480 e. The van der Waals surface area contributed by atoms with Gasteiger partial charge in [-0.2, -0.15) is 5.26 Å². The molecule has 0 spiro atoms. The smallest absolute Gasteiger partial charge is 0.275 e. The molecule has 0 bridgehead atoms. The average molecular weight is 414 g/mol. The molecule has 3 N–H and O–H groups in total. The number of carbonyl (C=O) groups is 1. The van der Waals surface area contributed by atoms with Crippen LogP contribution in [0.1, 0.15) is 35.8 Å². The van der Waals surface area contributed by atoms with Crippen molar-refractivity contribution in [3.05, 3.63) is 47.7 Å². The minimum atomic E-state index is -1.56. The number of nitriles is 1. The second kappa shape index (κ2) is 8.02. The van der Waals surface area contributed by atoms with Gasteiger partial charge in [-0.25, -0.2) is 18.7 Å². The SMILES string of the molecule is COc1cnc(C(=O)Nc2ccc(F)c([C@]3(CF)CC[C@](C)(C#N)C(N)=N3)c2)cn1. The number of amides is 1. The van der Waals surface area contributed by atoms with E-state index in [4.69, 9.17) is 10.5 Å². The molecule has 8 nitrogen and oxygen atoms in total. The van der Waals surface area contributed by atoms with Gasteiger partial charge in [0.2, 0.25) is 5.88 Å². The van der Waals surface area contributed by atoms with E-state index in [2.05, 4.69) is 26.3 Å². The number of nitrogens with zero attached hydrogens (tertiary/aromatic N) is 4. The van der Waals surface area contributed by atoms with Crippen LogP contribution in [0.5, 0.6) is 5.88 Å². The number of nitrogens with two attached hydrogens (primary N) is 1. The molecule has 156 valence electrons. The number of benzene rings is 1. The number of alkyl halides is 1. The van der Waals surface area contributed by atoms with Gasteiger partial charge in [-0.15, -0.1) is 0 Å². The van der Waals surface area contributed by atoms with Crippen molar-refractivity contribution in [2.75, 3.05) is 19.1 Å². The maximum absolute atomic E-state index is 14.6. The molecular formula is C20H20F2N6O2. The third kappa shape index (κ3) is 3.78. The van der Waals surface area contributed by atoms with E-state index >= 15 is 0 Å². The molecule has 1 aliphatic heterocycles. The lowest BCUT2D eigenvalue weighted by Crippen LogP contribution is -2.44. The molecule has 30 heavy (non-hydrogen) atoms. The fraction of sp³-hybridized carbons (Fsp3) is 0.350. The second-order valence-corrected chi connectivity index (χ2v) is 7.20. The van der Waals surface area contributed by atoms with Crippen LogP contribution in [0.15, 0.2) is 35.6 Å². The van der Waals surface area contributed by atoms with Crippen molar-refractivity contribution in [3.63, 3.8) is 0 Å². The Hall–Kier alpha value is -3.61. The highest BCUT2D eigenvalue weighted by molar-refractivity contribution is 6.02. The predicted octanol–water partition coefficient (Wildman–Crippen LogP) is 2.72. The summed E-state index contributed by atoms with van der Waals surface area (Å²) in [5, 5.41) is 11.9. The van der Waals surface area contributed by atoms with Gasteiger partial charge in [0.05, 0.1) is 25.6 Å². The Morgan fingerprint density at radius 2 is 2.13 bits per heavy atom. The molecule has 1 aliphatic rings. The molecule has 2 atom stereocenters. The lowest BCUT2D eigenvalue weighted by molar-refractivity contribution is 0.102. The second-order valence-electron chi connectivity index (χ2n) is 7.20. The number of carbonyl (C=O) groups excluding carboxylic acids is 1. The molecule has 0 aliphatic carbocycles. The zero-order valence-electron chi connectivity index (χ0n) is 16.4. The van der Waals surface area contributed by atoms with E-state index < -0.39 is 29.4 Å². The quantitative estimate of drug-likeness (QED) is 0.775. The molecule has 0 saturated carbocycles. The summed E-state index contributed by atoms with van der Waals surface area (Å²) in [6.45, 7) is 0.602. The Morgan fingerprint density at radius 3 is 2.70 bits per heavy atom. The van der Waals surface area contributed by atoms with Gasteiger partial charge in [0.15, 0.2) is 0 Å². The molecule has 2 heterocycles. The van der Waals surface area contributed by atoms with Crippen LogP contribution in [0.2, 0.25) is 0 Å². The summed E-state index contributed by atoms with van der Waals surface area (Å²) >= 11 is 0. The number of hydrogen-bond donors (Lipinski definition) is 2. The first kappa shape index (κ1) is 21.1. The number of methoxy groups -OCH3 is 1. The van der Waals surface area contributed by atoms with Gasteiger partial charge >= 0.3 is 0 Å². The third-order valence-corrected chi connectivity index (χ3v) is 5.20. The van der Waals surface area contributed by atoms with Crippen LogP contribution in [-0.4, -0.2) is 35.5 Å². The summed E-state index contributed by atoms with van der Waals surface area (Å²) in [6, 6.07) is 5.85. The summed E-state index contributed by atoms with van der Waals surface area (Å²) < 4.78 is 33.7. The van der Waals surface area contributed by atoms with Crippen molar-refractivity contribution in [1.29, 1.82) is 5.26 Å². The lowest BCUT2D eigenvalue weighted by atomic mass is 9.74. The topological polar surface area (TPSA) is 126 Å². The van der Waals surface area contributed by atoms with Gasteiger partial charge in [0.1, 0.15) is 35.0 Å². The first-order valence-electron chi connectivity index (χ1n) is 9.07. The highest BCUT2D eigenvalue weighted by Gasteiger charge is 2.44. The zero-order valence-corrected chi connectivity index (χ0v) is 16.4. The van der Waals surface area contributed by atoms with Crippen LogP contribution in [-0.2, 0) is 5.54 Å². The van der Waals surface area contributed by atoms with Crippen LogP contribution in [0.3, 0.4) is 0 Å². The normalized spacial score (nSPS) is 23.2. The average Bonchev–Trinajstić information content (AvgIpc) is 2.77. The third-order valence-electron chi connectivity index (χ3n) is 5.20. The van der Waals surface area contributed by atoms with Crippen LogP contribution >= 0.6 is 0 Å². The number of hydrogen-bond acceptors (Lipinski definition) is 7. The van der Waals surface area contributed by atoms with E-state index in [-0.39, 0.29) is 41.5 Å². The summed E-state index contributed by atoms with van der Waals surface area (Å²) in [4.78, 5) is 24.4. The Morgan fingerprint density at radius 1 is 1.37 bits per heavy atom. The standard InChI is InChI=1S/C20H20F2N6O2/c1-19(11-23)5-6-20(10-21,28-18(19)24)13-7-12(3-4-14(13)22)27-17(29)15-8-26-16(30-2)9-25-15/h3-4,7-9H,5-6,10H2,1-2H3,(H2,24,28)(H,27,29)/t19-,20-/m1/s1. The number of nitrogens with one attached hydrogen (secondary N) is 1. The molecule has 10 heteroatoms. The number of rotatable bonds is 5. The molecule has 3 rings (SSSR count). The van der Waals surface area contributed by atoms with Crippen molar-refractivity contribution in [1.82, 2.24) is 9.97 Å². The van der Waals surface area contributed by atoms with E-state index in [1.165, 1.54) is 31.6 Å². The molecule has 1 aromatic carbocycles. The van der Waals surface area contributed by atoms with Crippen molar-refractivity contribution in [2.24, 2.45) is 16.1 Å². The van der Waals surface area contributed by atoms with Crippen molar-refractivity contribution < 1.29 is 18.3 Å². The van der Waals surface area contributed by atoms with Gasteiger partial charge in [-0.3, -0.25) is 9.79 Å². The molecule has 0 saturated heterocycles. The molecule has 1 aromatic heterocycles. The summed E-state index contributed by atoms with van der Waals surface area (Å²) in [7, 11) is 1.42. The van der Waals surface area contributed by atoms with Crippen molar-refractivity contribution in [2.45, 2.75) is 25.3 Å². The van der Waals surface area contributed by atoms with E-state index in [1.807, 2.05) is 0 Å². The largest absolute Gasteiger partial charge is 0.480 e. The highest BCUT2D eigenvalue weighted by atomic mass is 19.1. The highest BCUT2D eigenvalue weighted by Crippen LogP contribution is 2.42. The minimum absolute atomic E-state index is 0.0200. The fourth-order valence-corrected chi connectivity index (χ4v) is 3.17. The fourth-order valence-electron chi connectivity index (χ4n) is 3.17. The van der Waals surface area contributed by atoms with Gasteiger partial charge < -0.3 is 15.8 Å². The predicted molar refractivity (Wildman–Crippen MR) is 105 cm³/mol. The number of halogens is 2. The van der Waals surface area contributed by atoms with E-state index in [0.717, 1.165) is 6.07 Å². The zero-order chi connectivity index (χ0) is 21.9. The van der Waals surface area contributed by atoms with Crippen LogP contribution in [0.4, 0.5) is 14.5 Å². The maximum Gasteiger partial charge on any atom is 0.275 e. The van der Waals surface area contributed by atoms with E-state index in [0.29, 0.717) is 0 Å². The maximum atomic E-state index is 14.6. The number of aromatic nitrogens is 2. The van der Waals surface area contributed by atoms with Crippen molar-refractivity contribution >= 4 is 17.4 Å². The Labute approximate surface area is 171 Å². The Kier molecular flexibility index (Phi) is 5.64. The van der Waals surface area contributed by atoms with Crippen LogP contribution in [0.25, 0.3) is 0 Å². The Balaban J connectivity index is 1.93. The lowest BCUT2D eigenvalue weighted by Gasteiger charge is -2.37. The number of anilines is 1. The molecule has 2 aromatic rings. The van der Waals surface area contributed by atoms with Crippen LogP contribution < -0.4 is 15.8 Å². The molecule has 0 radical (unpaired) electrons. The van der Waals surface area contributed by atoms with Crippen molar-refractivity contribution in [3.8, 4) is 11.9 Å². The van der Waals surface area contributed by atoms with E-state index in [1.54, 1.807) is 6.92 Å². The number of aliphatic imine (C=N–C) groups is 1. The number of ether oxygens (including phenoxy) is 1. The number of amidine groups is 1. The van der Waals surface area contributed by atoms with Crippen LogP contribution in [0, 0.1) is 22.6 Å². The van der Waals surface area contributed by atoms with Gasteiger partial charge in [0.25, 0.3) is 5.91 Å². The van der Waals surface area contributed by atoms with Gasteiger partial charge in [-0.05, 0) is 38.0 Å². The first-order valence-corrected chi connectivity index (χ1v) is 9.07. The molecular weight excluding hydrogens is 394 g/mol. The Bertz CT molecular complexity index is 1040. The first-order chi connectivity index (χ1) is 14.3. The summed E-state index contributed by atoms with van der Waals surface area (Å²) in [5.41, 5.74) is 3.52. The molecule has 0 unspecified atom stereocenters. The monoisotopic (exact) mass is 414 g/mol. The summed E-state index contributed by atoms with van der Waals surface area (Å²) in [5.74, 6) is -1.07. The molecule has 0 fully saturated rings. The molecule has 1 amide bonds.